The Hall–Kier alpha value is -3.82. The largest absolute Gasteiger partial charge is 0.460 e. The van der Waals surface area contributed by atoms with E-state index in [-0.39, 0.29) is 36.1 Å². The SMILES string of the molecule is CC(C)c1c(C(=O)NCc2ccccc2)nn(-c2ccc(F)cc2)c1/C=C/[C@@H]1C[C@H](CC(=O)OC(C)(C)C)OC(C)(C)O1. The van der Waals surface area contributed by atoms with Crippen LogP contribution in [0.1, 0.15) is 94.5 Å². The van der Waals surface area contributed by atoms with Gasteiger partial charge in [-0.05, 0) is 76.4 Å². The Labute approximate surface area is 253 Å². The Morgan fingerprint density at radius 2 is 1.79 bits per heavy atom. The molecule has 1 aromatic heterocycles. The van der Waals surface area contributed by atoms with E-state index >= 15 is 0 Å². The molecule has 1 N–H and O–H groups in total. The number of hydrogen-bond acceptors (Lipinski definition) is 6. The highest BCUT2D eigenvalue weighted by Gasteiger charge is 2.36. The molecule has 230 valence electrons. The first-order chi connectivity index (χ1) is 20.2. The summed E-state index contributed by atoms with van der Waals surface area (Å²) < 4.78 is 33.2. The molecule has 0 aliphatic carbocycles. The smallest absolute Gasteiger partial charge is 0.308 e. The fourth-order valence-electron chi connectivity index (χ4n) is 5.14. The third kappa shape index (κ3) is 8.84. The molecular weight excluding hydrogens is 549 g/mol. The topological polar surface area (TPSA) is 91.7 Å². The second-order valence-electron chi connectivity index (χ2n) is 12.5. The van der Waals surface area contributed by atoms with Crippen molar-refractivity contribution in [1.82, 2.24) is 15.1 Å². The molecule has 1 amide bonds. The molecule has 1 fully saturated rings. The van der Waals surface area contributed by atoms with Crippen molar-refractivity contribution in [2.24, 2.45) is 0 Å². The lowest BCUT2D eigenvalue weighted by atomic mass is 9.98. The average Bonchev–Trinajstić information content (AvgIpc) is 3.29. The summed E-state index contributed by atoms with van der Waals surface area (Å²) in [5.74, 6) is -1.99. The number of esters is 1. The van der Waals surface area contributed by atoms with Gasteiger partial charge >= 0.3 is 5.97 Å². The van der Waals surface area contributed by atoms with Gasteiger partial charge in [0.05, 0.1) is 30.0 Å². The van der Waals surface area contributed by atoms with Gasteiger partial charge in [0.25, 0.3) is 5.91 Å². The molecule has 0 saturated carbocycles. The van der Waals surface area contributed by atoms with E-state index in [1.165, 1.54) is 12.1 Å². The van der Waals surface area contributed by atoms with Gasteiger partial charge in [0.1, 0.15) is 11.4 Å². The Morgan fingerprint density at radius 1 is 1.12 bits per heavy atom. The minimum atomic E-state index is -0.930. The predicted molar refractivity (Wildman–Crippen MR) is 163 cm³/mol. The van der Waals surface area contributed by atoms with Crippen molar-refractivity contribution in [2.75, 3.05) is 0 Å². The summed E-state index contributed by atoms with van der Waals surface area (Å²) in [6.07, 6.45) is 3.54. The monoisotopic (exact) mass is 591 g/mol. The highest BCUT2D eigenvalue weighted by atomic mass is 19.1. The quantitative estimate of drug-likeness (QED) is 0.278. The van der Waals surface area contributed by atoms with E-state index in [0.29, 0.717) is 30.0 Å². The van der Waals surface area contributed by atoms with Gasteiger partial charge in [0, 0.05) is 18.5 Å². The van der Waals surface area contributed by atoms with Crippen molar-refractivity contribution in [3.05, 3.63) is 89.0 Å². The molecule has 0 bridgehead atoms. The van der Waals surface area contributed by atoms with E-state index < -0.39 is 17.5 Å². The van der Waals surface area contributed by atoms with E-state index in [1.807, 2.05) is 91.0 Å². The zero-order chi connectivity index (χ0) is 31.4. The lowest BCUT2D eigenvalue weighted by Gasteiger charge is -2.39. The maximum absolute atomic E-state index is 13.8. The summed E-state index contributed by atoms with van der Waals surface area (Å²) in [5, 5.41) is 7.71. The molecule has 3 aromatic rings. The molecule has 2 atom stereocenters. The Balaban J connectivity index is 1.66. The molecular formula is C34H42FN3O5. The molecule has 2 aromatic carbocycles. The van der Waals surface area contributed by atoms with Gasteiger partial charge < -0.3 is 19.5 Å². The highest BCUT2D eigenvalue weighted by Crippen LogP contribution is 2.32. The van der Waals surface area contributed by atoms with Crippen LogP contribution in [0.4, 0.5) is 4.39 Å². The fraction of sp³-hybridized carbons (Fsp3) is 0.441. The molecule has 2 heterocycles. The third-order valence-electron chi connectivity index (χ3n) is 6.78. The van der Waals surface area contributed by atoms with Crippen molar-refractivity contribution in [3.63, 3.8) is 0 Å². The predicted octanol–water partition coefficient (Wildman–Crippen LogP) is 6.72. The van der Waals surface area contributed by atoms with Crippen molar-refractivity contribution in [1.29, 1.82) is 0 Å². The van der Waals surface area contributed by atoms with Crippen LogP contribution in [0.15, 0.2) is 60.7 Å². The molecule has 1 aliphatic rings. The fourth-order valence-corrected chi connectivity index (χ4v) is 5.14. The first kappa shape index (κ1) is 32.1. The van der Waals surface area contributed by atoms with Crippen molar-refractivity contribution in [2.45, 2.75) is 97.4 Å². The number of nitrogens with zero attached hydrogens (tertiary/aromatic N) is 2. The Bertz CT molecular complexity index is 1440. The third-order valence-corrected chi connectivity index (χ3v) is 6.78. The number of aromatic nitrogens is 2. The molecule has 1 saturated heterocycles. The molecule has 8 nitrogen and oxygen atoms in total. The van der Waals surface area contributed by atoms with Gasteiger partial charge in [0.15, 0.2) is 11.5 Å². The molecule has 1 aliphatic heterocycles. The summed E-state index contributed by atoms with van der Waals surface area (Å²) in [4.78, 5) is 26.0. The lowest BCUT2D eigenvalue weighted by molar-refractivity contribution is -0.290. The van der Waals surface area contributed by atoms with Crippen LogP contribution in [-0.2, 0) is 25.5 Å². The molecule has 9 heteroatoms. The van der Waals surface area contributed by atoms with Gasteiger partial charge in [-0.1, -0.05) is 50.3 Å². The first-order valence-corrected chi connectivity index (χ1v) is 14.7. The lowest BCUT2D eigenvalue weighted by Crippen LogP contribution is -2.45. The van der Waals surface area contributed by atoms with Crippen molar-refractivity contribution in [3.8, 4) is 5.69 Å². The number of carbonyl (C=O) groups excluding carboxylic acids is 2. The van der Waals surface area contributed by atoms with Crippen LogP contribution < -0.4 is 5.32 Å². The van der Waals surface area contributed by atoms with E-state index in [4.69, 9.17) is 19.3 Å². The van der Waals surface area contributed by atoms with E-state index in [0.717, 1.165) is 11.1 Å². The van der Waals surface area contributed by atoms with Gasteiger partial charge in [-0.2, -0.15) is 5.10 Å². The number of nitrogens with one attached hydrogen (secondary N) is 1. The van der Waals surface area contributed by atoms with Gasteiger partial charge in [-0.25, -0.2) is 9.07 Å². The second kappa shape index (κ2) is 13.2. The standard InChI is InChI=1S/C34H42FN3O5/c1-22(2)30-28(18-17-26-19-27(42-34(6,7)41-26)20-29(39)43-33(3,4)5)38(25-15-13-24(35)14-16-25)37-31(30)32(40)36-21-23-11-9-8-10-12-23/h8-18,22,26-27H,19-21H2,1-7H3,(H,36,40)/b18-17+/t26-,27-/m1/s1. The number of ether oxygens (including phenoxy) is 3. The minimum Gasteiger partial charge on any atom is -0.460 e. The summed E-state index contributed by atoms with van der Waals surface area (Å²) in [6.45, 7) is 13.5. The van der Waals surface area contributed by atoms with E-state index in [2.05, 4.69) is 5.32 Å². The van der Waals surface area contributed by atoms with Crippen LogP contribution in [-0.4, -0.2) is 45.3 Å². The summed E-state index contributed by atoms with van der Waals surface area (Å²) in [7, 11) is 0. The van der Waals surface area contributed by atoms with E-state index in [9.17, 15) is 14.0 Å². The van der Waals surface area contributed by atoms with Crippen LogP contribution >= 0.6 is 0 Å². The van der Waals surface area contributed by atoms with Crippen LogP contribution in [0.2, 0.25) is 0 Å². The first-order valence-electron chi connectivity index (χ1n) is 14.7. The van der Waals surface area contributed by atoms with Crippen LogP contribution in [0.5, 0.6) is 0 Å². The van der Waals surface area contributed by atoms with Crippen molar-refractivity contribution < 1.29 is 28.2 Å². The number of carbonyl (C=O) groups is 2. The summed E-state index contributed by atoms with van der Waals surface area (Å²) >= 11 is 0. The maximum Gasteiger partial charge on any atom is 0.308 e. The summed E-state index contributed by atoms with van der Waals surface area (Å²) in [6, 6.07) is 15.6. The second-order valence-corrected chi connectivity index (χ2v) is 12.5. The highest BCUT2D eigenvalue weighted by molar-refractivity contribution is 5.95. The zero-order valence-corrected chi connectivity index (χ0v) is 26.0. The number of halogens is 1. The molecule has 0 unspecified atom stereocenters. The van der Waals surface area contributed by atoms with Crippen molar-refractivity contribution >= 4 is 18.0 Å². The van der Waals surface area contributed by atoms with Gasteiger partial charge in [0.2, 0.25) is 0 Å². The number of hydrogen-bond donors (Lipinski definition) is 1. The average molecular weight is 592 g/mol. The maximum atomic E-state index is 13.8. The summed E-state index contributed by atoms with van der Waals surface area (Å²) in [5.41, 5.74) is 2.73. The minimum absolute atomic E-state index is 0.0571. The van der Waals surface area contributed by atoms with Gasteiger partial charge in [-0.3, -0.25) is 9.59 Å². The molecule has 0 spiro atoms. The van der Waals surface area contributed by atoms with Crippen LogP contribution in [0, 0.1) is 5.82 Å². The normalized spacial score (nSPS) is 18.6. The number of benzene rings is 2. The molecule has 0 radical (unpaired) electrons. The van der Waals surface area contributed by atoms with E-state index in [1.54, 1.807) is 16.8 Å². The Morgan fingerprint density at radius 3 is 2.42 bits per heavy atom. The molecule has 4 rings (SSSR count). The number of amides is 1. The number of rotatable bonds is 9. The van der Waals surface area contributed by atoms with Crippen LogP contribution in [0.3, 0.4) is 0 Å². The zero-order valence-electron chi connectivity index (χ0n) is 26.0. The van der Waals surface area contributed by atoms with Gasteiger partial charge in [-0.15, -0.1) is 0 Å². The van der Waals surface area contributed by atoms with Crippen LogP contribution in [0.25, 0.3) is 11.8 Å². The molecule has 43 heavy (non-hydrogen) atoms. The Kier molecular flexibility index (Phi) is 9.87.